The molecule has 4 heterocycles. The molecule has 0 bridgehead atoms. The number of aryl methyl sites for hydroxylation is 2. The second-order valence-electron chi connectivity index (χ2n) is 8.01. The van der Waals surface area contributed by atoms with E-state index in [0.717, 1.165) is 0 Å². The van der Waals surface area contributed by atoms with Gasteiger partial charge in [0.05, 0.1) is 11.8 Å². The standard InChI is InChI=1S/C23H28N6O5/c1-3-28-16-7-8-18(25-21(16)29(4-2)23(28)33)24-19(30)9-10-20(31)26-11-13-27(14-12-26)22(32)17-6-5-15-34-17/h5-8,15H,3-4,9-14H2,1-2H3,(H,24,25,30). The minimum atomic E-state index is -0.327. The number of rotatable bonds is 7. The van der Waals surface area contributed by atoms with Crippen LogP contribution >= 0.6 is 0 Å². The number of nitrogens with one attached hydrogen (secondary N) is 1. The highest BCUT2D eigenvalue weighted by Crippen LogP contribution is 2.16. The van der Waals surface area contributed by atoms with Crippen molar-refractivity contribution in [3.8, 4) is 0 Å². The number of aromatic nitrogens is 3. The van der Waals surface area contributed by atoms with Crippen LogP contribution in [0.15, 0.2) is 39.7 Å². The molecule has 0 saturated carbocycles. The van der Waals surface area contributed by atoms with Crippen LogP contribution in [-0.4, -0.2) is 67.8 Å². The number of hydrogen-bond acceptors (Lipinski definition) is 6. The molecule has 0 aromatic carbocycles. The molecule has 1 aliphatic rings. The summed E-state index contributed by atoms with van der Waals surface area (Å²) in [6, 6.07) is 6.70. The summed E-state index contributed by atoms with van der Waals surface area (Å²) in [5, 5.41) is 2.72. The Balaban J connectivity index is 1.29. The zero-order valence-corrected chi connectivity index (χ0v) is 19.3. The van der Waals surface area contributed by atoms with Crippen molar-refractivity contribution in [3.63, 3.8) is 0 Å². The number of nitrogens with zero attached hydrogens (tertiary/aromatic N) is 5. The van der Waals surface area contributed by atoms with E-state index in [1.54, 1.807) is 43.2 Å². The van der Waals surface area contributed by atoms with Crippen LogP contribution in [0.3, 0.4) is 0 Å². The zero-order chi connectivity index (χ0) is 24.2. The Labute approximate surface area is 195 Å². The highest BCUT2D eigenvalue weighted by atomic mass is 16.3. The number of furan rings is 1. The summed E-state index contributed by atoms with van der Waals surface area (Å²) in [5.41, 5.74) is 1.10. The largest absolute Gasteiger partial charge is 0.459 e. The van der Waals surface area contributed by atoms with Gasteiger partial charge in [-0.25, -0.2) is 9.78 Å². The van der Waals surface area contributed by atoms with E-state index in [2.05, 4.69) is 10.3 Å². The van der Waals surface area contributed by atoms with Crippen molar-refractivity contribution in [2.75, 3.05) is 31.5 Å². The van der Waals surface area contributed by atoms with Gasteiger partial charge >= 0.3 is 5.69 Å². The zero-order valence-electron chi connectivity index (χ0n) is 19.3. The first-order valence-corrected chi connectivity index (χ1v) is 11.4. The molecule has 0 radical (unpaired) electrons. The predicted molar refractivity (Wildman–Crippen MR) is 124 cm³/mol. The van der Waals surface area contributed by atoms with E-state index in [0.29, 0.717) is 56.3 Å². The quantitative estimate of drug-likeness (QED) is 0.561. The average molecular weight is 469 g/mol. The molecule has 0 aliphatic carbocycles. The van der Waals surface area contributed by atoms with Crippen LogP contribution in [0, 0.1) is 0 Å². The lowest BCUT2D eigenvalue weighted by molar-refractivity contribution is -0.134. The first-order chi connectivity index (χ1) is 16.4. The van der Waals surface area contributed by atoms with Gasteiger partial charge in [0.15, 0.2) is 11.4 Å². The Morgan fingerprint density at radius 3 is 2.32 bits per heavy atom. The minimum Gasteiger partial charge on any atom is -0.459 e. The molecule has 34 heavy (non-hydrogen) atoms. The van der Waals surface area contributed by atoms with Crippen molar-refractivity contribution < 1.29 is 18.8 Å². The summed E-state index contributed by atoms with van der Waals surface area (Å²) in [7, 11) is 0. The second-order valence-corrected chi connectivity index (χ2v) is 8.01. The lowest BCUT2D eigenvalue weighted by Crippen LogP contribution is -2.50. The van der Waals surface area contributed by atoms with Crippen LogP contribution in [0.1, 0.15) is 37.2 Å². The number of fused-ring (bicyclic) bond motifs is 1. The van der Waals surface area contributed by atoms with Gasteiger partial charge in [0.2, 0.25) is 11.8 Å². The number of piperazine rings is 1. The summed E-state index contributed by atoms with van der Waals surface area (Å²) < 4.78 is 8.35. The van der Waals surface area contributed by atoms with Crippen molar-refractivity contribution in [1.29, 1.82) is 0 Å². The number of imidazole rings is 1. The van der Waals surface area contributed by atoms with Gasteiger partial charge in [-0.1, -0.05) is 0 Å². The van der Waals surface area contributed by atoms with Crippen LogP contribution in [0.25, 0.3) is 11.2 Å². The van der Waals surface area contributed by atoms with Crippen LogP contribution in [-0.2, 0) is 22.7 Å². The normalized spacial score (nSPS) is 13.9. The Morgan fingerprint density at radius 1 is 0.971 bits per heavy atom. The second kappa shape index (κ2) is 9.94. The van der Waals surface area contributed by atoms with Crippen LogP contribution in [0.2, 0.25) is 0 Å². The lowest BCUT2D eigenvalue weighted by atomic mass is 10.2. The third-order valence-electron chi connectivity index (χ3n) is 5.98. The minimum absolute atomic E-state index is 0.0145. The van der Waals surface area contributed by atoms with Crippen LogP contribution < -0.4 is 11.0 Å². The van der Waals surface area contributed by atoms with Gasteiger partial charge in [0.1, 0.15) is 5.82 Å². The Morgan fingerprint density at radius 2 is 1.68 bits per heavy atom. The van der Waals surface area contributed by atoms with E-state index in [1.807, 2.05) is 13.8 Å². The number of hydrogen-bond donors (Lipinski definition) is 1. The molecular weight excluding hydrogens is 440 g/mol. The van der Waals surface area contributed by atoms with Gasteiger partial charge in [-0.3, -0.25) is 23.5 Å². The van der Waals surface area contributed by atoms with Gasteiger partial charge in [0, 0.05) is 52.1 Å². The molecule has 0 unspecified atom stereocenters. The molecule has 4 rings (SSSR count). The van der Waals surface area contributed by atoms with E-state index in [4.69, 9.17) is 4.42 Å². The fraction of sp³-hybridized carbons (Fsp3) is 0.435. The predicted octanol–water partition coefficient (Wildman–Crippen LogP) is 1.53. The summed E-state index contributed by atoms with van der Waals surface area (Å²) in [5.74, 6) is -0.0322. The van der Waals surface area contributed by atoms with E-state index < -0.39 is 0 Å². The molecule has 3 amide bonds. The van der Waals surface area contributed by atoms with Gasteiger partial charge in [-0.05, 0) is 38.1 Å². The smallest absolute Gasteiger partial charge is 0.330 e. The fourth-order valence-corrected chi connectivity index (χ4v) is 4.15. The Kier molecular flexibility index (Phi) is 6.80. The maximum atomic E-state index is 12.6. The van der Waals surface area contributed by atoms with Crippen molar-refractivity contribution in [2.45, 2.75) is 39.8 Å². The number of amides is 3. The van der Waals surface area contributed by atoms with E-state index in [9.17, 15) is 19.2 Å². The topological polar surface area (TPSA) is 123 Å². The number of carbonyl (C=O) groups excluding carboxylic acids is 3. The third kappa shape index (κ3) is 4.59. The van der Waals surface area contributed by atoms with Crippen molar-refractivity contribution in [1.82, 2.24) is 23.9 Å². The number of pyridine rings is 1. The summed E-state index contributed by atoms with van der Waals surface area (Å²) in [6.07, 6.45) is 1.53. The van der Waals surface area contributed by atoms with E-state index in [-0.39, 0.29) is 42.0 Å². The molecule has 11 nitrogen and oxygen atoms in total. The highest BCUT2D eigenvalue weighted by Gasteiger charge is 2.26. The number of anilines is 1. The molecule has 11 heteroatoms. The fourth-order valence-electron chi connectivity index (χ4n) is 4.15. The lowest BCUT2D eigenvalue weighted by Gasteiger charge is -2.34. The third-order valence-corrected chi connectivity index (χ3v) is 5.98. The van der Waals surface area contributed by atoms with Crippen molar-refractivity contribution in [2.24, 2.45) is 0 Å². The van der Waals surface area contributed by atoms with Crippen LogP contribution in [0.4, 0.5) is 5.82 Å². The van der Waals surface area contributed by atoms with Crippen molar-refractivity contribution in [3.05, 3.63) is 46.8 Å². The molecule has 3 aromatic heterocycles. The average Bonchev–Trinajstić information content (AvgIpc) is 3.47. The molecule has 1 aliphatic heterocycles. The SMILES string of the molecule is CCn1c(=O)n(CC)c2nc(NC(=O)CCC(=O)N3CCN(C(=O)c4ccco4)CC3)ccc21. The van der Waals surface area contributed by atoms with Crippen LogP contribution in [0.5, 0.6) is 0 Å². The molecule has 3 aromatic rings. The van der Waals surface area contributed by atoms with Gasteiger partial charge in [-0.2, -0.15) is 0 Å². The molecule has 1 N–H and O–H groups in total. The monoisotopic (exact) mass is 468 g/mol. The van der Waals surface area contributed by atoms with Crippen molar-refractivity contribution >= 4 is 34.7 Å². The summed E-state index contributed by atoms with van der Waals surface area (Å²) >= 11 is 0. The first-order valence-electron chi connectivity index (χ1n) is 11.4. The van der Waals surface area contributed by atoms with E-state index >= 15 is 0 Å². The Hall–Kier alpha value is -3.89. The maximum absolute atomic E-state index is 12.6. The van der Waals surface area contributed by atoms with E-state index in [1.165, 1.54) is 6.26 Å². The molecule has 1 fully saturated rings. The number of carbonyl (C=O) groups is 3. The highest BCUT2D eigenvalue weighted by molar-refractivity contribution is 5.93. The summed E-state index contributed by atoms with van der Waals surface area (Å²) in [4.78, 5) is 57.5. The maximum Gasteiger partial charge on any atom is 0.330 e. The van der Waals surface area contributed by atoms with Gasteiger partial charge < -0.3 is 19.5 Å². The van der Waals surface area contributed by atoms with Gasteiger partial charge in [0.25, 0.3) is 5.91 Å². The Bertz CT molecular complexity index is 1250. The summed E-state index contributed by atoms with van der Waals surface area (Å²) in [6.45, 7) is 6.42. The molecule has 0 atom stereocenters. The molecule has 1 saturated heterocycles. The molecule has 180 valence electrons. The van der Waals surface area contributed by atoms with Gasteiger partial charge in [-0.15, -0.1) is 0 Å². The molecular formula is C23H28N6O5. The molecule has 0 spiro atoms. The first kappa shape index (κ1) is 23.3.